The highest BCUT2D eigenvalue weighted by Gasteiger charge is 2.15. The van der Waals surface area contributed by atoms with Gasteiger partial charge in [0.15, 0.2) is 0 Å². The van der Waals surface area contributed by atoms with Crippen molar-refractivity contribution in [3.8, 4) is 0 Å². The average Bonchev–Trinajstić information content (AvgIpc) is 3.23. The molecular formula is C18H13N3O3S. The van der Waals surface area contributed by atoms with Crippen molar-refractivity contribution in [1.82, 2.24) is 10.3 Å². The van der Waals surface area contributed by atoms with Crippen LogP contribution in [0.15, 0.2) is 54.0 Å². The number of nitrogens with zero attached hydrogens (tertiary/aromatic N) is 1. The molecule has 1 amide bonds. The van der Waals surface area contributed by atoms with Crippen LogP contribution in [0.3, 0.4) is 0 Å². The summed E-state index contributed by atoms with van der Waals surface area (Å²) in [5.74, 6) is -0.262. The molecule has 0 fully saturated rings. The second-order valence-electron chi connectivity index (χ2n) is 5.63. The van der Waals surface area contributed by atoms with Gasteiger partial charge in [-0.1, -0.05) is 18.2 Å². The van der Waals surface area contributed by atoms with Gasteiger partial charge < -0.3 is 10.3 Å². The third-order valence-corrected chi connectivity index (χ3v) is 5.13. The first-order valence-electron chi connectivity index (χ1n) is 7.62. The number of thiophene rings is 1. The zero-order valence-electron chi connectivity index (χ0n) is 13.0. The number of benzene rings is 2. The summed E-state index contributed by atoms with van der Waals surface area (Å²) in [6, 6.07) is 12.5. The van der Waals surface area contributed by atoms with Gasteiger partial charge in [-0.3, -0.25) is 14.9 Å². The number of H-pyrrole nitrogens is 1. The molecule has 0 radical (unpaired) electrons. The van der Waals surface area contributed by atoms with Gasteiger partial charge in [0.1, 0.15) is 0 Å². The monoisotopic (exact) mass is 351 g/mol. The maximum Gasteiger partial charge on any atom is 0.270 e. The molecule has 0 saturated heterocycles. The molecule has 25 heavy (non-hydrogen) atoms. The lowest BCUT2D eigenvalue weighted by molar-refractivity contribution is -0.384. The van der Waals surface area contributed by atoms with E-state index in [0.717, 1.165) is 10.9 Å². The van der Waals surface area contributed by atoms with Crippen LogP contribution in [0.2, 0.25) is 0 Å². The van der Waals surface area contributed by atoms with E-state index in [1.807, 2.05) is 29.6 Å². The fourth-order valence-electron chi connectivity index (χ4n) is 2.85. The molecular weight excluding hydrogens is 338 g/mol. The lowest BCUT2D eigenvalue weighted by atomic mass is 10.1. The van der Waals surface area contributed by atoms with Crippen molar-refractivity contribution < 1.29 is 9.72 Å². The summed E-state index contributed by atoms with van der Waals surface area (Å²) in [6.07, 6.45) is 1.58. The van der Waals surface area contributed by atoms with E-state index in [9.17, 15) is 14.9 Å². The molecule has 2 aromatic carbocycles. The number of hydrogen-bond donors (Lipinski definition) is 2. The van der Waals surface area contributed by atoms with Crippen LogP contribution in [0.1, 0.15) is 15.9 Å². The van der Waals surface area contributed by atoms with E-state index < -0.39 is 4.92 Å². The lowest BCUT2D eigenvalue weighted by Crippen LogP contribution is -2.22. The highest BCUT2D eigenvalue weighted by atomic mass is 32.1. The number of aromatic nitrogens is 1. The summed E-state index contributed by atoms with van der Waals surface area (Å²) in [5.41, 5.74) is 2.11. The van der Waals surface area contributed by atoms with Gasteiger partial charge in [-0.15, -0.1) is 11.3 Å². The number of fused-ring (bicyclic) bond motifs is 2. The van der Waals surface area contributed by atoms with Gasteiger partial charge >= 0.3 is 0 Å². The Balaban J connectivity index is 1.60. The van der Waals surface area contributed by atoms with Crippen LogP contribution >= 0.6 is 11.3 Å². The first-order chi connectivity index (χ1) is 12.1. The summed E-state index contributed by atoms with van der Waals surface area (Å²) < 4.78 is 1.18. The van der Waals surface area contributed by atoms with Gasteiger partial charge in [0.25, 0.3) is 11.6 Å². The molecule has 124 valence electrons. The van der Waals surface area contributed by atoms with E-state index in [0.29, 0.717) is 23.0 Å². The molecule has 0 aliphatic carbocycles. The summed E-state index contributed by atoms with van der Waals surface area (Å²) in [6.45, 7) is 0.407. The van der Waals surface area contributed by atoms with Crippen LogP contribution < -0.4 is 5.32 Å². The Morgan fingerprint density at radius 2 is 2.04 bits per heavy atom. The van der Waals surface area contributed by atoms with E-state index in [1.165, 1.54) is 16.8 Å². The molecule has 0 unspecified atom stereocenters. The van der Waals surface area contributed by atoms with Crippen molar-refractivity contribution >= 4 is 43.9 Å². The molecule has 2 aromatic heterocycles. The van der Waals surface area contributed by atoms with Crippen molar-refractivity contribution in [2.75, 3.05) is 0 Å². The van der Waals surface area contributed by atoms with Crippen molar-refractivity contribution in [2.45, 2.75) is 6.54 Å². The number of nitro benzene ring substituents is 1. The number of nitrogens with one attached hydrogen (secondary N) is 2. The van der Waals surface area contributed by atoms with Crippen LogP contribution in [-0.4, -0.2) is 15.8 Å². The molecule has 0 saturated carbocycles. The molecule has 4 rings (SSSR count). The number of nitro groups is 1. The Bertz CT molecular complexity index is 1110. The minimum atomic E-state index is -0.467. The summed E-state index contributed by atoms with van der Waals surface area (Å²) >= 11 is 1.64. The topological polar surface area (TPSA) is 88.0 Å². The van der Waals surface area contributed by atoms with Gasteiger partial charge in [-0.05, 0) is 28.5 Å². The van der Waals surface area contributed by atoms with Gasteiger partial charge in [-0.2, -0.15) is 0 Å². The van der Waals surface area contributed by atoms with Crippen molar-refractivity contribution in [2.24, 2.45) is 0 Å². The van der Waals surface area contributed by atoms with Crippen molar-refractivity contribution in [3.05, 3.63) is 75.3 Å². The molecule has 2 heterocycles. The Morgan fingerprint density at radius 3 is 2.88 bits per heavy atom. The fourth-order valence-corrected chi connectivity index (χ4v) is 3.81. The number of carbonyl (C=O) groups excluding carboxylic acids is 1. The minimum absolute atomic E-state index is 0.0371. The number of carbonyl (C=O) groups is 1. The van der Waals surface area contributed by atoms with Crippen molar-refractivity contribution in [1.29, 1.82) is 0 Å². The molecule has 2 N–H and O–H groups in total. The number of rotatable bonds is 4. The van der Waals surface area contributed by atoms with Gasteiger partial charge in [0, 0.05) is 40.5 Å². The van der Waals surface area contributed by atoms with Gasteiger partial charge in [-0.25, -0.2) is 0 Å². The Hall–Kier alpha value is -3.19. The second-order valence-corrected chi connectivity index (χ2v) is 6.54. The van der Waals surface area contributed by atoms with Crippen LogP contribution in [0.25, 0.3) is 21.0 Å². The maximum absolute atomic E-state index is 12.5. The summed E-state index contributed by atoms with van der Waals surface area (Å²) in [4.78, 5) is 26.0. The van der Waals surface area contributed by atoms with Crippen LogP contribution in [0, 0.1) is 10.1 Å². The third kappa shape index (κ3) is 2.74. The summed E-state index contributed by atoms with van der Waals surface area (Å²) in [5, 5.41) is 17.6. The maximum atomic E-state index is 12.5. The first kappa shape index (κ1) is 15.3. The number of non-ortho nitro benzene ring substituents is 1. The predicted octanol–water partition coefficient (Wildman–Crippen LogP) is 4.22. The van der Waals surface area contributed by atoms with Gasteiger partial charge in [0.2, 0.25) is 0 Å². The largest absolute Gasteiger partial charge is 0.360 e. The average molecular weight is 351 g/mol. The Kier molecular flexibility index (Phi) is 3.70. The SMILES string of the molecule is O=C(NCc1csc2ccccc12)c1c[nH]c2ccc([N+](=O)[O-])cc12. The molecule has 6 nitrogen and oxygen atoms in total. The number of amides is 1. The smallest absolute Gasteiger partial charge is 0.270 e. The first-order valence-corrected chi connectivity index (χ1v) is 8.50. The Labute approximate surface area is 146 Å². The van der Waals surface area contributed by atoms with Crippen LogP contribution in [0.5, 0.6) is 0 Å². The quantitative estimate of drug-likeness (QED) is 0.426. The van der Waals surface area contributed by atoms with Crippen molar-refractivity contribution in [3.63, 3.8) is 0 Å². The van der Waals surface area contributed by atoms with Crippen LogP contribution in [0.4, 0.5) is 5.69 Å². The van der Waals surface area contributed by atoms with E-state index in [-0.39, 0.29) is 11.6 Å². The van der Waals surface area contributed by atoms with E-state index >= 15 is 0 Å². The zero-order chi connectivity index (χ0) is 17.4. The minimum Gasteiger partial charge on any atom is -0.360 e. The van der Waals surface area contributed by atoms with Crippen LogP contribution in [-0.2, 0) is 6.54 Å². The number of aromatic amines is 1. The Morgan fingerprint density at radius 1 is 1.20 bits per heavy atom. The molecule has 0 spiro atoms. The molecule has 7 heteroatoms. The highest BCUT2D eigenvalue weighted by molar-refractivity contribution is 7.17. The zero-order valence-corrected chi connectivity index (χ0v) is 13.8. The van der Waals surface area contributed by atoms with Gasteiger partial charge in [0.05, 0.1) is 10.5 Å². The van der Waals surface area contributed by atoms with E-state index in [4.69, 9.17) is 0 Å². The van der Waals surface area contributed by atoms with E-state index in [1.54, 1.807) is 23.6 Å². The molecule has 4 aromatic rings. The predicted molar refractivity (Wildman–Crippen MR) is 97.9 cm³/mol. The molecule has 0 bridgehead atoms. The normalized spacial score (nSPS) is 11.0. The standard InChI is InChI=1S/C18H13N3O3S/c22-18(20-8-11-10-25-17-4-2-1-3-13(11)17)15-9-19-16-6-5-12(21(23)24)7-14(15)16/h1-7,9-10,19H,8H2,(H,20,22). The summed E-state index contributed by atoms with van der Waals surface area (Å²) in [7, 11) is 0. The van der Waals surface area contributed by atoms with E-state index in [2.05, 4.69) is 10.3 Å². The fraction of sp³-hybridized carbons (Fsp3) is 0.0556. The lowest BCUT2D eigenvalue weighted by Gasteiger charge is -2.04. The third-order valence-electron chi connectivity index (χ3n) is 4.12. The highest BCUT2D eigenvalue weighted by Crippen LogP contribution is 2.26. The number of hydrogen-bond acceptors (Lipinski definition) is 4. The molecule has 0 aliphatic heterocycles. The second kappa shape index (κ2) is 6.03. The molecule has 0 atom stereocenters. The molecule has 0 aliphatic rings.